The minimum atomic E-state index is -0.952. The van der Waals surface area contributed by atoms with E-state index in [-0.39, 0.29) is 11.8 Å². The number of hydrogen-bond acceptors (Lipinski definition) is 2. The minimum Gasteiger partial charge on any atom is -0.465 e. The van der Waals surface area contributed by atoms with Crippen molar-refractivity contribution in [1.29, 1.82) is 0 Å². The highest BCUT2D eigenvalue weighted by molar-refractivity contribution is 5.89. The molecular formula is C8H11NO3. The van der Waals surface area contributed by atoms with Gasteiger partial charge in [-0.05, 0) is 12.8 Å². The fraction of sp³-hybridized carbons (Fsp3) is 0.750. The molecule has 1 saturated carbocycles. The summed E-state index contributed by atoms with van der Waals surface area (Å²) in [6.07, 6.45) is 1.56. The van der Waals surface area contributed by atoms with E-state index in [0.29, 0.717) is 18.9 Å². The number of carbonyl (C=O) groups excluding carboxylic acids is 1. The molecule has 4 nitrogen and oxygen atoms in total. The van der Waals surface area contributed by atoms with Gasteiger partial charge in [0.15, 0.2) is 5.78 Å². The van der Waals surface area contributed by atoms with Gasteiger partial charge in [0.25, 0.3) is 0 Å². The first-order chi connectivity index (χ1) is 5.70. The van der Waals surface area contributed by atoms with Crippen LogP contribution >= 0.6 is 0 Å². The maximum absolute atomic E-state index is 11.3. The van der Waals surface area contributed by atoms with E-state index in [0.717, 1.165) is 12.8 Å². The standard InChI is InChI=1S/C8H11NO3/c10-6-3-1-2-5-4-9(7(5)6)8(11)12/h5,7H,1-4H2,(H,11,12)/t5-,7+/m1/s1. The molecule has 1 amide bonds. The molecule has 0 aromatic carbocycles. The monoisotopic (exact) mass is 169 g/mol. The largest absolute Gasteiger partial charge is 0.465 e. The molecule has 0 radical (unpaired) electrons. The Hall–Kier alpha value is -1.06. The van der Waals surface area contributed by atoms with Gasteiger partial charge in [-0.3, -0.25) is 9.69 Å². The molecule has 0 bridgehead atoms. The van der Waals surface area contributed by atoms with Gasteiger partial charge in [-0.2, -0.15) is 0 Å². The van der Waals surface area contributed by atoms with Crippen LogP contribution in [0.1, 0.15) is 19.3 Å². The first-order valence-electron chi connectivity index (χ1n) is 4.22. The van der Waals surface area contributed by atoms with Crippen molar-refractivity contribution in [3.63, 3.8) is 0 Å². The number of nitrogens with zero attached hydrogens (tertiary/aromatic N) is 1. The summed E-state index contributed by atoms with van der Waals surface area (Å²) in [5, 5.41) is 8.66. The number of carbonyl (C=O) groups is 2. The molecule has 1 N–H and O–H groups in total. The average molecular weight is 169 g/mol. The van der Waals surface area contributed by atoms with Gasteiger partial charge in [0.1, 0.15) is 0 Å². The van der Waals surface area contributed by atoms with Crippen molar-refractivity contribution in [1.82, 2.24) is 4.90 Å². The maximum atomic E-state index is 11.3. The van der Waals surface area contributed by atoms with E-state index in [1.54, 1.807) is 0 Å². The van der Waals surface area contributed by atoms with Crippen LogP contribution in [0.25, 0.3) is 0 Å². The second-order valence-corrected chi connectivity index (χ2v) is 3.50. The van der Waals surface area contributed by atoms with Crippen LogP contribution in [-0.2, 0) is 4.79 Å². The molecule has 2 atom stereocenters. The third-order valence-corrected chi connectivity index (χ3v) is 2.79. The number of Topliss-reactive ketones (excluding diaryl/α,β-unsaturated/α-hetero) is 1. The molecular weight excluding hydrogens is 158 g/mol. The molecule has 0 aromatic heterocycles. The summed E-state index contributed by atoms with van der Waals surface area (Å²) >= 11 is 0. The summed E-state index contributed by atoms with van der Waals surface area (Å²) in [5.41, 5.74) is 0. The summed E-state index contributed by atoms with van der Waals surface area (Å²) in [7, 11) is 0. The van der Waals surface area contributed by atoms with Gasteiger partial charge >= 0.3 is 6.09 Å². The zero-order valence-corrected chi connectivity index (χ0v) is 6.69. The van der Waals surface area contributed by atoms with Crippen LogP contribution in [-0.4, -0.2) is 34.5 Å². The van der Waals surface area contributed by atoms with Crippen molar-refractivity contribution in [2.75, 3.05) is 6.54 Å². The lowest BCUT2D eigenvalue weighted by atomic mass is 9.76. The molecule has 0 unspecified atom stereocenters. The second-order valence-electron chi connectivity index (χ2n) is 3.50. The van der Waals surface area contributed by atoms with Crippen molar-refractivity contribution >= 4 is 11.9 Å². The molecule has 2 aliphatic rings. The maximum Gasteiger partial charge on any atom is 0.407 e. The van der Waals surface area contributed by atoms with Crippen molar-refractivity contribution in [2.45, 2.75) is 25.3 Å². The fourth-order valence-electron chi connectivity index (χ4n) is 2.15. The van der Waals surface area contributed by atoms with E-state index in [2.05, 4.69) is 0 Å². The molecule has 1 aliphatic heterocycles. The average Bonchev–Trinajstić information content (AvgIpc) is 1.91. The molecule has 4 heteroatoms. The van der Waals surface area contributed by atoms with E-state index in [4.69, 9.17) is 5.11 Å². The molecule has 1 saturated heterocycles. The fourth-order valence-corrected chi connectivity index (χ4v) is 2.15. The van der Waals surface area contributed by atoms with E-state index < -0.39 is 6.09 Å². The molecule has 66 valence electrons. The normalized spacial score (nSPS) is 34.0. The number of ketones is 1. The van der Waals surface area contributed by atoms with Gasteiger partial charge in [0.2, 0.25) is 0 Å². The quantitative estimate of drug-likeness (QED) is 0.581. The molecule has 2 rings (SSSR count). The van der Waals surface area contributed by atoms with Gasteiger partial charge in [-0.15, -0.1) is 0 Å². The Morgan fingerprint density at radius 1 is 1.58 bits per heavy atom. The van der Waals surface area contributed by atoms with Crippen LogP contribution in [0.3, 0.4) is 0 Å². The zero-order valence-electron chi connectivity index (χ0n) is 6.69. The molecule has 0 aromatic rings. The van der Waals surface area contributed by atoms with Crippen LogP contribution in [0.2, 0.25) is 0 Å². The Balaban J connectivity index is 2.08. The number of carboxylic acid groups (broad SMARTS) is 1. The van der Waals surface area contributed by atoms with Gasteiger partial charge in [0, 0.05) is 18.9 Å². The number of fused-ring (bicyclic) bond motifs is 1. The van der Waals surface area contributed by atoms with Crippen molar-refractivity contribution in [2.24, 2.45) is 5.92 Å². The smallest absolute Gasteiger partial charge is 0.407 e. The van der Waals surface area contributed by atoms with Crippen LogP contribution in [0.15, 0.2) is 0 Å². The predicted octanol–water partition coefficient (Wildman–Crippen LogP) is 0.718. The predicted molar refractivity (Wildman–Crippen MR) is 40.9 cm³/mol. The van der Waals surface area contributed by atoms with E-state index >= 15 is 0 Å². The third-order valence-electron chi connectivity index (χ3n) is 2.79. The second kappa shape index (κ2) is 2.47. The van der Waals surface area contributed by atoms with Crippen molar-refractivity contribution in [3.8, 4) is 0 Å². The molecule has 12 heavy (non-hydrogen) atoms. The Morgan fingerprint density at radius 3 is 2.92 bits per heavy atom. The third kappa shape index (κ3) is 0.906. The number of hydrogen-bond donors (Lipinski definition) is 1. The van der Waals surface area contributed by atoms with Gasteiger partial charge in [0.05, 0.1) is 6.04 Å². The lowest BCUT2D eigenvalue weighted by molar-refractivity contribution is -0.135. The van der Waals surface area contributed by atoms with E-state index in [9.17, 15) is 9.59 Å². The Morgan fingerprint density at radius 2 is 2.33 bits per heavy atom. The summed E-state index contributed by atoms with van der Waals surface area (Å²) in [6, 6.07) is -0.295. The van der Waals surface area contributed by atoms with Gasteiger partial charge in [-0.25, -0.2) is 4.79 Å². The lowest BCUT2D eigenvalue weighted by Crippen LogP contribution is -2.63. The number of likely N-dealkylation sites (tertiary alicyclic amines) is 1. The zero-order chi connectivity index (χ0) is 8.72. The highest BCUT2D eigenvalue weighted by Gasteiger charge is 2.47. The topological polar surface area (TPSA) is 57.6 Å². The molecule has 2 fully saturated rings. The Labute approximate surface area is 70.2 Å². The van der Waals surface area contributed by atoms with Crippen LogP contribution in [0, 0.1) is 5.92 Å². The first kappa shape index (κ1) is 7.58. The summed E-state index contributed by atoms with van der Waals surface area (Å²) < 4.78 is 0. The molecule has 1 aliphatic carbocycles. The van der Waals surface area contributed by atoms with Crippen molar-refractivity contribution < 1.29 is 14.7 Å². The summed E-state index contributed by atoms with van der Waals surface area (Å²) in [6.45, 7) is 0.561. The summed E-state index contributed by atoms with van der Waals surface area (Å²) in [4.78, 5) is 23.1. The van der Waals surface area contributed by atoms with Crippen molar-refractivity contribution in [3.05, 3.63) is 0 Å². The summed E-state index contributed by atoms with van der Waals surface area (Å²) in [5.74, 6) is 0.433. The van der Waals surface area contributed by atoms with E-state index in [1.807, 2.05) is 0 Å². The number of amides is 1. The molecule has 1 heterocycles. The molecule has 0 spiro atoms. The van der Waals surface area contributed by atoms with E-state index in [1.165, 1.54) is 4.90 Å². The van der Waals surface area contributed by atoms with Crippen LogP contribution in [0.4, 0.5) is 4.79 Å². The van der Waals surface area contributed by atoms with Crippen LogP contribution in [0.5, 0.6) is 0 Å². The Kier molecular flexibility index (Phi) is 1.56. The lowest BCUT2D eigenvalue weighted by Gasteiger charge is -2.47. The number of rotatable bonds is 0. The van der Waals surface area contributed by atoms with Gasteiger partial charge < -0.3 is 5.11 Å². The first-order valence-corrected chi connectivity index (χ1v) is 4.22. The SMILES string of the molecule is O=C1CCC[C@@H]2CN(C(=O)O)[C@H]12. The Bertz CT molecular complexity index is 238. The van der Waals surface area contributed by atoms with Gasteiger partial charge in [-0.1, -0.05) is 0 Å². The highest BCUT2D eigenvalue weighted by atomic mass is 16.4. The highest BCUT2D eigenvalue weighted by Crippen LogP contribution is 2.34. The van der Waals surface area contributed by atoms with Crippen LogP contribution < -0.4 is 0 Å². The minimum absolute atomic E-state index is 0.111.